The Balaban J connectivity index is 2.05. The van der Waals surface area contributed by atoms with E-state index in [0.717, 1.165) is 12.8 Å². The molecule has 0 aromatic heterocycles. The summed E-state index contributed by atoms with van der Waals surface area (Å²) in [7, 11) is 1.68. The minimum Gasteiger partial charge on any atom is -0.381 e. The number of piperidine rings is 1. The van der Waals surface area contributed by atoms with Crippen LogP contribution >= 0.6 is 23.2 Å². The number of nitrogens with two attached hydrogens (primary N) is 1. The van der Waals surface area contributed by atoms with Crippen LogP contribution in [-0.2, 0) is 4.74 Å². The van der Waals surface area contributed by atoms with Crippen LogP contribution in [0.1, 0.15) is 12.8 Å². The second kappa shape index (κ2) is 7.31. The van der Waals surface area contributed by atoms with Gasteiger partial charge in [-0.05, 0) is 31.0 Å². The maximum Gasteiger partial charge on any atom is 0.322 e. The van der Waals surface area contributed by atoms with Crippen molar-refractivity contribution < 1.29 is 9.53 Å². The van der Waals surface area contributed by atoms with Crippen LogP contribution in [0.5, 0.6) is 0 Å². The molecule has 21 heavy (non-hydrogen) atoms. The highest BCUT2D eigenvalue weighted by Crippen LogP contribution is 2.24. The lowest BCUT2D eigenvalue weighted by Crippen LogP contribution is -2.52. The number of halogens is 2. The van der Waals surface area contributed by atoms with Crippen LogP contribution in [0.25, 0.3) is 0 Å². The zero-order valence-electron chi connectivity index (χ0n) is 11.8. The lowest BCUT2D eigenvalue weighted by atomic mass is 10.00. The van der Waals surface area contributed by atoms with Crippen LogP contribution < -0.4 is 11.1 Å². The normalized spacial score (nSPS) is 22.2. The molecule has 3 N–H and O–H groups in total. The van der Waals surface area contributed by atoms with Crippen LogP contribution in [0.4, 0.5) is 10.5 Å². The second-order valence-corrected chi connectivity index (χ2v) is 5.93. The SMILES string of the molecule is COC1CCN(C(=O)Nc2cc(Cl)cc(Cl)c2)C(CN)C1. The fourth-order valence-corrected chi connectivity index (χ4v) is 3.07. The third-order valence-corrected chi connectivity index (χ3v) is 4.08. The summed E-state index contributed by atoms with van der Waals surface area (Å²) < 4.78 is 5.35. The van der Waals surface area contributed by atoms with Crippen molar-refractivity contribution in [3.05, 3.63) is 28.2 Å². The van der Waals surface area contributed by atoms with Gasteiger partial charge in [-0.2, -0.15) is 0 Å². The van der Waals surface area contributed by atoms with Gasteiger partial charge in [-0.3, -0.25) is 0 Å². The van der Waals surface area contributed by atoms with E-state index in [1.54, 1.807) is 30.2 Å². The van der Waals surface area contributed by atoms with Crippen molar-refractivity contribution in [2.75, 3.05) is 25.5 Å². The Hall–Kier alpha value is -1.01. The molecule has 7 heteroatoms. The van der Waals surface area contributed by atoms with Gasteiger partial charge in [-0.25, -0.2) is 4.79 Å². The summed E-state index contributed by atoms with van der Waals surface area (Å²) >= 11 is 11.9. The lowest BCUT2D eigenvalue weighted by Gasteiger charge is -2.38. The highest BCUT2D eigenvalue weighted by molar-refractivity contribution is 6.35. The standard InChI is InChI=1S/C14H19Cl2N3O2/c1-21-13-2-3-19(12(7-13)8-17)14(20)18-11-5-9(15)4-10(16)6-11/h4-6,12-13H,2-3,7-8,17H2,1H3,(H,18,20). The molecule has 1 aliphatic rings. The molecule has 116 valence electrons. The molecule has 2 rings (SSSR count). The van der Waals surface area contributed by atoms with Crippen LogP contribution in [0, 0.1) is 0 Å². The Labute approximate surface area is 134 Å². The number of rotatable bonds is 3. The van der Waals surface area contributed by atoms with E-state index in [9.17, 15) is 4.79 Å². The van der Waals surface area contributed by atoms with Crippen LogP contribution in [0.15, 0.2) is 18.2 Å². The number of likely N-dealkylation sites (tertiary alicyclic amines) is 1. The topological polar surface area (TPSA) is 67.6 Å². The first-order valence-electron chi connectivity index (χ1n) is 6.80. The van der Waals surface area contributed by atoms with Gasteiger partial charge in [0.2, 0.25) is 0 Å². The van der Waals surface area contributed by atoms with Gasteiger partial charge < -0.3 is 20.7 Å². The van der Waals surface area contributed by atoms with E-state index in [4.69, 9.17) is 33.7 Å². The van der Waals surface area contributed by atoms with Crippen molar-refractivity contribution in [3.8, 4) is 0 Å². The molecular weight excluding hydrogens is 313 g/mol. The smallest absolute Gasteiger partial charge is 0.322 e. The van der Waals surface area contributed by atoms with E-state index < -0.39 is 0 Å². The predicted molar refractivity (Wildman–Crippen MR) is 85.1 cm³/mol. The van der Waals surface area contributed by atoms with Gasteiger partial charge >= 0.3 is 6.03 Å². The number of hydrogen-bond acceptors (Lipinski definition) is 3. The fourth-order valence-electron chi connectivity index (χ4n) is 2.54. The molecule has 0 radical (unpaired) electrons. The number of benzene rings is 1. The largest absolute Gasteiger partial charge is 0.381 e. The van der Waals surface area contributed by atoms with Crippen molar-refractivity contribution in [2.45, 2.75) is 25.0 Å². The van der Waals surface area contributed by atoms with E-state index in [0.29, 0.717) is 28.8 Å². The summed E-state index contributed by atoms with van der Waals surface area (Å²) in [6, 6.07) is 4.71. The van der Waals surface area contributed by atoms with Crippen LogP contribution in [0.3, 0.4) is 0 Å². The number of urea groups is 1. The minimum absolute atomic E-state index is 0.0293. The number of anilines is 1. The third kappa shape index (κ3) is 4.23. The zero-order chi connectivity index (χ0) is 15.4. The van der Waals surface area contributed by atoms with Gasteiger partial charge in [-0.1, -0.05) is 23.2 Å². The molecule has 2 amide bonds. The first-order valence-corrected chi connectivity index (χ1v) is 7.55. The molecule has 1 heterocycles. The van der Waals surface area contributed by atoms with Crippen LogP contribution in [-0.4, -0.2) is 43.3 Å². The van der Waals surface area contributed by atoms with Gasteiger partial charge in [0.25, 0.3) is 0 Å². The van der Waals surface area contributed by atoms with E-state index in [1.807, 2.05) is 0 Å². The van der Waals surface area contributed by atoms with E-state index in [2.05, 4.69) is 5.32 Å². The molecule has 2 atom stereocenters. The highest BCUT2D eigenvalue weighted by Gasteiger charge is 2.30. The molecule has 0 saturated carbocycles. The number of nitrogens with zero attached hydrogens (tertiary/aromatic N) is 1. The summed E-state index contributed by atoms with van der Waals surface area (Å²) in [6.45, 7) is 1.02. The van der Waals surface area contributed by atoms with Gasteiger partial charge in [-0.15, -0.1) is 0 Å². The third-order valence-electron chi connectivity index (χ3n) is 3.65. The maximum absolute atomic E-state index is 12.4. The Kier molecular flexibility index (Phi) is 5.70. The molecule has 2 unspecified atom stereocenters. The molecule has 1 aromatic rings. The molecule has 1 aliphatic heterocycles. The molecule has 1 saturated heterocycles. The van der Waals surface area contributed by atoms with Crippen molar-refractivity contribution in [1.29, 1.82) is 0 Å². The average Bonchev–Trinajstić information content (AvgIpc) is 2.45. The minimum atomic E-state index is -0.196. The molecule has 0 bridgehead atoms. The zero-order valence-corrected chi connectivity index (χ0v) is 13.3. The number of amides is 2. The average molecular weight is 332 g/mol. The monoisotopic (exact) mass is 331 g/mol. The molecule has 0 spiro atoms. The lowest BCUT2D eigenvalue weighted by molar-refractivity contribution is 0.0292. The number of ether oxygens (including phenoxy) is 1. The molecule has 1 fully saturated rings. The maximum atomic E-state index is 12.4. The summed E-state index contributed by atoms with van der Waals surface area (Å²) in [6.07, 6.45) is 1.70. The molecule has 5 nitrogen and oxygen atoms in total. The van der Waals surface area contributed by atoms with Crippen molar-refractivity contribution in [1.82, 2.24) is 4.90 Å². The number of nitrogens with one attached hydrogen (secondary N) is 1. The first kappa shape index (κ1) is 16.4. The van der Waals surface area contributed by atoms with Crippen molar-refractivity contribution in [2.24, 2.45) is 5.73 Å². The number of methoxy groups -OCH3 is 1. The number of carbonyl (C=O) groups excluding carboxylic acids is 1. The highest BCUT2D eigenvalue weighted by atomic mass is 35.5. The fraction of sp³-hybridized carbons (Fsp3) is 0.500. The van der Waals surface area contributed by atoms with Crippen molar-refractivity contribution in [3.63, 3.8) is 0 Å². The molecular formula is C14H19Cl2N3O2. The van der Waals surface area contributed by atoms with Crippen molar-refractivity contribution >= 4 is 34.9 Å². The summed E-state index contributed by atoms with van der Waals surface area (Å²) in [4.78, 5) is 14.1. The Bertz CT molecular complexity index is 493. The molecule has 1 aromatic carbocycles. The van der Waals surface area contributed by atoms with Gasteiger partial charge in [0, 0.05) is 42.0 Å². The second-order valence-electron chi connectivity index (χ2n) is 5.05. The van der Waals surface area contributed by atoms with E-state index in [1.165, 1.54) is 0 Å². The quantitative estimate of drug-likeness (QED) is 0.894. The number of hydrogen-bond donors (Lipinski definition) is 2. The number of carbonyl (C=O) groups is 1. The Morgan fingerprint density at radius 1 is 1.43 bits per heavy atom. The van der Waals surface area contributed by atoms with Gasteiger partial charge in [0.05, 0.1) is 6.10 Å². The predicted octanol–water partition coefficient (Wildman–Crippen LogP) is 2.96. The molecule has 0 aliphatic carbocycles. The Morgan fingerprint density at radius 3 is 2.67 bits per heavy atom. The summed E-state index contributed by atoms with van der Waals surface area (Å²) in [5, 5.41) is 3.77. The first-order chi connectivity index (χ1) is 10.0. The van der Waals surface area contributed by atoms with E-state index >= 15 is 0 Å². The summed E-state index contributed by atoms with van der Waals surface area (Å²) in [5.41, 5.74) is 6.34. The summed E-state index contributed by atoms with van der Waals surface area (Å²) in [5.74, 6) is 0. The van der Waals surface area contributed by atoms with E-state index in [-0.39, 0.29) is 18.2 Å². The Morgan fingerprint density at radius 2 is 2.10 bits per heavy atom. The van der Waals surface area contributed by atoms with Gasteiger partial charge in [0.1, 0.15) is 0 Å². The van der Waals surface area contributed by atoms with Gasteiger partial charge in [0.15, 0.2) is 0 Å². The van der Waals surface area contributed by atoms with Crippen LogP contribution in [0.2, 0.25) is 10.0 Å².